The summed E-state index contributed by atoms with van der Waals surface area (Å²) in [5.41, 5.74) is 4.26. The highest BCUT2D eigenvalue weighted by molar-refractivity contribution is 6.13. The van der Waals surface area contributed by atoms with Crippen molar-refractivity contribution in [3.63, 3.8) is 0 Å². The number of hydrogen-bond donors (Lipinski definition) is 2. The van der Waals surface area contributed by atoms with Gasteiger partial charge in [-0.3, -0.25) is 9.59 Å². The van der Waals surface area contributed by atoms with Crippen molar-refractivity contribution in [1.82, 2.24) is 14.8 Å². The third-order valence-corrected chi connectivity index (χ3v) is 8.00. The molecule has 3 aromatic rings. The van der Waals surface area contributed by atoms with Crippen LogP contribution in [-0.2, 0) is 0 Å². The first-order valence-electron chi connectivity index (χ1n) is 14.1. The van der Waals surface area contributed by atoms with E-state index in [9.17, 15) is 14.7 Å². The van der Waals surface area contributed by atoms with E-state index < -0.39 is 0 Å². The Labute approximate surface area is 241 Å². The minimum atomic E-state index is -0.0889. The van der Waals surface area contributed by atoms with Gasteiger partial charge in [0.05, 0.1) is 47.7 Å². The molecule has 0 unspecified atom stereocenters. The van der Waals surface area contributed by atoms with E-state index in [-0.39, 0.29) is 18.4 Å². The fourth-order valence-corrected chi connectivity index (χ4v) is 5.60. The van der Waals surface area contributed by atoms with Crippen LogP contribution >= 0.6 is 0 Å². The number of amides is 2. The SMILES string of the molecule is CCOc1cc(C(=O)N2CCC(N(C)CCO)CC2)ccc1Nc1cc2c(cn1)N(C)C(=O)c1ccccc1N2C. The highest BCUT2D eigenvalue weighted by atomic mass is 16.5. The molecule has 216 valence electrons. The molecule has 1 aromatic heterocycles. The topological polar surface area (TPSA) is 101 Å². The van der Waals surface area contributed by atoms with Gasteiger partial charge in [-0.2, -0.15) is 0 Å². The lowest BCUT2D eigenvalue weighted by molar-refractivity contribution is 0.0628. The van der Waals surface area contributed by atoms with Gasteiger partial charge in [0.25, 0.3) is 11.8 Å². The van der Waals surface area contributed by atoms with Gasteiger partial charge in [-0.15, -0.1) is 0 Å². The van der Waals surface area contributed by atoms with Crippen molar-refractivity contribution in [2.75, 3.05) is 69.1 Å². The van der Waals surface area contributed by atoms with Crippen LogP contribution in [0, 0.1) is 0 Å². The molecule has 2 amide bonds. The van der Waals surface area contributed by atoms with Gasteiger partial charge >= 0.3 is 0 Å². The number of likely N-dealkylation sites (tertiary alicyclic amines) is 1. The lowest BCUT2D eigenvalue weighted by Gasteiger charge is -2.36. The Morgan fingerprint density at radius 1 is 1.07 bits per heavy atom. The Balaban J connectivity index is 1.36. The molecule has 0 radical (unpaired) electrons. The second-order valence-electron chi connectivity index (χ2n) is 10.5. The average Bonchev–Trinajstić information content (AvgIpc) is 3.07. The highest BCUT2D eigenvalue weighted by Crippen LogP contribution is 2.40. The summed E-state index contributed by atoms with van der Waals surface area (Å²) in [6.07, 6.45) is 3.45. The lowest BCUT2D eigenvalue weighted by atomic mass is 10.0. The maximum Gasteiger partial charge on any atom is 0.260 e. The van der Waals surface area contributed by atoms with E-state index in [1.54, 1.807) is 24.2 Å². The second-order valence-corrected chi connectivity index (χ2v) is 10.5. The molecule has 0 aliphatic carbocycles. The van der Waals surface area contributed by atoms with Gasteiger partial charge in [0.1, 0.15) is 11.6 Å². The van der Waals surface area contributed by atoms with Crippen molar-refractivity contribution in [3.05, 3.63) is 65.9 Å². The van der Waals surface area contributed by atoms with Crippen LogP contribution in [0.1, 0.15) is 40.5 Å². The van der Waals surface area contributed by atoms with Gasteiger partial charge in [-0.25, -0.2) is 4.98 Å². The number of likely N-dealkylation sites (N-methyl/N-ethyl adjacent to an activating group) is 1. The summed E-state index contributed by atoms with van der Waals surface area (Å²) in [4.78, 5) is 38.7. The van der Waals surface area contributed by atoms with E-state index in [0.717, 1.165) is 24.2 Å². The molecule has 1 saturated heterocycles. The first-order valence-corrected chi connectivity index (χ1v) is 14.1. The Morgan fingerprint density at radius 2 is 1.83 bits per heavy atom. The predicted octanol–water partition coefficient (Wildman–Crippen LogP) is 4.11. The van der Waals surface area contributed by atoms with Crippen LogP contribution in [0.15, 0.2) is 54.7 Å². The molecule has 0 atom stereocenters. The van der Waals surface area contributed by atoms with Crippen molar-refractivity contribution >= 4 is 40.4 Å². The molecule has 1 fully saturated rings. The highest BCUT2D eigenvalue weighted by Gasteiger charge is 2.29. The van der Waals surface area contributed by atoms with Crippen LogP contribution in [0.2, 0.25) is 0 Å². The zero-order chi connectivity index (χ0) is 29.1. The van der Waals surface area contributed by atoms with Crippen LogP contribution < -0.4 is 19.9 Å². The number of para-hydroxylation sites is 1. The van der Waals surface area contributed by atoms with Gasteiger partial charge < -0.3 is 34.8 Å². The fraction of sp³-hybridized carbons (Fsp3) is 0.387. The molecule has 0 spiro atoms. The third kappa shape index (κ3) is 5.71. The predicted molar refractivity (Wildman–Crippen MR) is 161 cm³/mol. The monoisotopic (exact) mass is 558 g/mol. The number of pyridine rings is 1. The van der Waals surface area contributed by atoms with Crippen molar-refractivity contribution in [2.24, 2.45) is 0 Å². The number of hydrogen-bond acceptors (Lipinski definition) is 8. The number of aliphatic hydroxyl groups excluding tert-OH is 1. The maximum atomic E-state index is 13.4. The van der Waals surface area contributed by atoms with Crippen LogP contribution in [-0.4, -0.2) is 91.7 Å². The minimum Gasteiger partial charge on any atom is -0.492 e. The normalized spacial score (nSPS) is 15.5. The molecule has 41 heavy (non-hydrogen) atoms. The summed E-state index contributed by atoms with van der Waals surface area (Å²) < 4.78 is 5.94. The summed E-state index contributed by atoms with van der Waals surface area (Å²) in [5, 5.41) is 12.6. The number of anilines is 5. The van der Waals surface area contributed by atoms with E-state index in [0.29, 0.717) is 66.4 Å². The number of piperidine rings is 1. The van der Waals surface area contributed by atoms with E-state index in [1.807, 2.05) is 73.3 Å². The van der Waals surface area contributed by atoms with E-state index in [4.69, 9.17) is 4.74 Å². The molecule has 5 rings (SSSR count). The number of aromatic nitrogens is 1. The number of carbonyl (C=O) groups is 2. The number of aliphatic hydroxyl groups is 1. The molecule has 0 bridgehead atoms. The Morgan fingerprint density at radius 3 is 2.56 bits per heavy atom. The summed E-state index contributed by atoms with van der Waals surface area (Å²) in [6, 6.07) is 15.3. The van der Waals surface area contributed by atoms with E-state index >= 15 is 0 Å². The van der Waals surface area contributed by atoms with Crippen LogP contribution in [0.4, 0.5) is 28.6 Å². The number of nitrogens with one attached hydrogen (secondary N) is 1. The van der Waals surface area contributed by atoms with E-state index in [1.165, 1.54) is 0 Å². The summed E-state index contributed by atoms with van der Waals surface area (Å²) in [7, 11) is 5.71. The first-order chi connectivity index (χ1) is 19.8. The average molecular weight is 559 g/mol. The molecule has 2 aliphatic heterocycles. The standard InChI is InChI=1S/C31H38N6O4/c1-5-41-28-18-21(30(39)37-14-12-22(13-15-37)34(2)16-17-38)10-11-24(28)33-29-19-26-27(20-32-29)36(4)31(40)23-8-6-7-9-25(23)35(26)3/h6-11,18-20,22,38H,5,12-17H2,1-4H3,(H,32,33). The van der Waals surface area contributed by atoms with Gasteiger partial charge in [0.15, 0.2) is 0 Å². The van der Waals surface area contributed by atoms with Gasteiger partial charge in [-0.05, 0) is 57.1 Å². The molecule has 10 nitrogen and oxygen atoms in total. The largest absolute Gasteiger partial charge is 0.492 e. The number of carbonyl (C=O) groups excluding carboxylic acids is 2. The summed E-state index contributed by atoms with van der Waals surface area (Å²) in [6.45, 7) is 4.48. The fourth-order valence-electron chi connectivity index (χ4n) is 5.60. The lowest BCUT2D eigenvalue weighted by Crippen LogP contribution is -2.46. The molecule has 2 aliphatic rings. The van der Waals surface area contributed by atoms with Crippen molar-refractivity contribution in [2.45, 2.75) is 25.8 Å². The number of rotatable bonds is 8. The molecule has 2 aromatic carbocycles. The maximum absolute atomic E-state index is 13.4. The second kappa shape index (κ2) is 12.2. The smallest absolute Gasteiger partial charge is 0.260 e. The molecule has 3 heterocycles. The molecular formula is C31H38N6O4. The molecule has 0 saturated carbocycles. The minimum absolute atomic E-state index is 0.0167. The molecule has 10 heteroatoms. The quantitative estimate of drug-likeness (QED) is 0.426. The number of benzene rings is 2. The number of fused-ring (bicyclic) bond motifs is 2. The van der Waals surface area contributed by atoms with Crippen molar-refractivity contribution < 1.29 is 19.4 Å². The van der Waals surface area contributed by atoms with Gasteiger partial charge in [-0.1, -0.05) is 12.1 Å². The van der Waals surface area contributed by atoms with E-state index in [2.05, 4.69) is 15.2 Å². The zero-order valence-corrected chi connectivity index (χ0v) is 24.1. The Kier molecular flexibility index (Phi) is 8.41. The van der Waals surface area contributed by atoms with Crippen molar-refractivity contribution in [1.29, 1.82) is 0 Å². The van der Waals surface area contributed by atoms with Gasteiger partial charge in [0, 0.05) is 51.4 Å². The van der Waals surface area contributed by atoms with Crippen LogP contribution in [0.25, 0.3) is 0 Å². The summed E-state index contributed by atoms with van der Waals surface area (Å²) in [5.74, 6) is 1.05. The van der Waals surface area contributed by atoms with Crippen LogP contribution in [0.3, 0.4) is 0 Å². The Bertz CT molecular complexity index is 1420. The Hall–Kier alpha value is -4.15. The zero-order valence-electron chi connectivity index (χ0n) is 24.1. The molecule has 2 N–H and O–H groups in total. The third-order valence-electron chi connectivity index (χ3n) is 8.00. The number of nitrogens with zero attached hydrogens (tertiary/aromatic N) is 5. The first kappa shape index (κ1) is 28.4. The molecular weight excluding hydrogens is 520 g/mol. The number of ether oxygens (including phenoxy) is 1. The van der Waals surface area contributed by atoms with Crippen LogP contribution in [0.5, 0.6) is 5.75 Å². The summed E-state index contributed by atoms with van der Waals surface area (Å²) >= 11 is 0. The van der Waals surface area contributed by atoms with Crippen molar-refractivity contribution in [3.8, 4) is 5.75 Å². The van der Waals surface area contributed by atoms with Gasteiger partial charge in [0.2, 0.25) is 0 Å².